The zero-order chi connectivity index (χ0) is 11.2. The van der Waals surface area contributed by atoms with Crippen molar-refractivity contribution >= 4 is 27.6 Å². The topological polar surface area (TPSA) is 0 Å². The highest BCUT2D eigenvalue weighted by Gasteiger charge is 2.11. The summed E-state index contributed by atoms with van der Waals surface area (Å²) in [5.74, 6) is 0. The lowest BCUT2D eigenvalue weighted by molar-refractivity contribution is 1.35. The van der Waals surface area contributed by atoms with E-state index in [1.54, 1.807) is 0 Å². The van der Waals surface area contributed by atoms with Crippen LogP contribution in [0.5, 0.6) is 0 Å². The zero-order valence-electron chi connectivity index (χ0n) is 9.48. The molecule has 0 atom stereocenters. The monoisotopic (exact) mass is 216 g/mol. The van der Waals surface area contributed by atoms with E-state index in [0.29, 0.717) is 0 Å². The summed E-state index contributed by atoms with van der Waals surface area (Å²) in [6, 6.07) is 17.6. The minimum absolute atomic E-state index is 1.07. The molecule has 0 spiro atoms. The quantitative estimate of drug-likeness (QED) is 0.483. The van der Waals surface area contributed by atoms with Gasteiger partial charge in [-0.2, -0.15) is 0 Å². The molecule has 0 heteroatoms. The summed E-state index contributed by atoms with van der Waals surface area (Å²) < 4.78 is 0. The predicted octanol–water partition coefficient (Wildman–Crippen LogP) is 4.56. The van der Waals surface area contributed by atoms with E-state index >= 15 is 0 Å². The Morgan fingerprint density at radius 3 is 2.59 bits per heavy atom. The van der Waals surface area contributed by atoms with Gasteiger partial charge >= 0.3 is 0 Å². The summed E-state index contributed by atoms with van der Waals surface area (Å²) in [5.41, 5.74) is 2.87. The van der Waals surface area contributed by atoms with Crippen LogP contribution in [-0.4, -0.2) is 0 Å². The molecule has 0 N–H and O–H groups in total. The molecule has 0 aliphatic heterocycles. The molecule has 1 aliphatic carbocycles. The Kier molecular flexibility index (Phi) is 1.70. The molecule has 3 aromatic rings. The standard InChI is InChI=1S/C17H12/c1-2-6-15-12(4-1)8-10-14-11-9-13-5-3-7-16(13)17(14)15/h1-6,8-11H,7H2. The minimum Gasteiger partial charge on any atom is -0.0795 e. The van der Waals surface area contributed by atoms with Crippen LogP contribution in [0.15, 0.2) is 54.6 Å². The second-order valence-electron chi connectivity index (χ2n) is 4.62. The van der Waals surface area contributed by atoms with Crippen molar-refractivity contribution in [1.29, 1.82) is 0 Å². The molecule has 0 heterocycles. The molecule has 3 aromatic carbocycles. The Morgan fingerprint density at radius 1 is 0.765 bits per heavy atom. The van der Waals surface area contributed by atoms with Gasteiger partial charge in [0.1, 0.15) is 0 Å². The number of benzene rings is 3. The third kappa shape index (κ3) is 1.18. The van der Waals surface area contributed by atoms with E-state index in [0.717, 1.165) is 6.42 Å². The smallest absolute Gasteiger partial charge is 0.00642 e. The number of fused-ring (bicyclic) bond motifs is 5. The Morgan fingerprint density at radius 2 is 1.59 bits per heavy atom. The Hall–Kier alpha value is -2.08. The SMILES string of the molecule is C1=Cc2ccc3ccc4ccccc4c3c2C1. The molecular weight excluding hydrogens is 204 g/mol. The van der Waals surface area contributed by atoms with Gasteiger partial charge in [0.05, 0.1) is 0 Å². The Bertz CT molecular complexity index is 763. The summed E-state index contributed by atoms with van der Waals surface area (Å²) in [4.78, 5) is 0. The molecule has 0 nitrogen and oxygen atoms in total. The number of hydrogen-bond acceptors (Lipinski definition) is 0. The zero-order valence-corrected chi connectivity index (χ0v) is 9.48. The Balaban J connectivity index is 2.29. The summed E-state index contributed by atoms with van der Waals surface area (Å²) in [5, 5.41) is 5.50. The second kappa shape index (κ2) is 3.21. The van der Waals surface area contributed by atoms with E-state index < -0.39 is 0 Å². The lowest BCUT2D eigenvalue weighted by Crippen LogP contribution is -1.86. The Labute approximate surface area is 100 Å². The lowest BCUT2D eigenvalue weighted by atomic mass is 9.95. The molecule has 0 fully saturated rings. The summed E-state index contributed by atoms with van der Waals surface area (Å²) in [6.45, 7) is 0. The second-order valence-corrected chi connectivity index (χ2v) is 4.62. The van der Waals surface area contributed by atoms with E-state index in [1.165, 1.54) is 32.7 Å². The van der Waals surface area contributed by atoms with Crippen molar-refractivity contribution < 1.29 is 0 Å². The van der Waals surface area contributed by atoms with Crippen LogP contribution in [0.3, 0.4) is 0 Å². The molecule has 0 aromatic heterocycles. The van der Waals surface area contributed by atoms with E-state index in [1.807, 2.05) is 0 Å². The van der Waals surface area contributed by atoms with Crippen LogP contribution in [0.4, 0.5) is 0 Å². The summed E-state index contributed by atoms with van der Waals surface area (Å²) in [7, 11) is 0. The molecule has 0 amide bonds. The fraction of sp³-hybridized carbons (Fsp3) is 0.0588. The van der Waals surface area contributed by atoms with Crippen LogP contribution in [-0.2, 0) is 6.42 Å². The van der Waals surface area contributed by atoms with Gasteiger partial charge in [-0.25, -0.2) is 0 Å². The van der Waals surface area contributed by atoms with Gasteiger partial charge in [-0.3, -0.25) is 0 Å². The van der Waals surface area contributed by atoms with Gasteiger partial charge in [-0.15, -0.1) is 0 Å². The van der Waals surface area contributed by atoms with Gasteiger partial charge in [0.2, 0.25) is 0 Å². The van der Waals surface area contributed by atoms with Crippen molar-refractivity contribution in [3.63, 3.8) is 0 Å². The lowest BCUT2D eigenvalue weighted by Gasteiger charge is -2.09. The number of hydrogen-bond donors (Lipinski definition) is 0. The van der Waals surface area contributed by atoms with Crippen LogP contribution < -0.4 is 0 Å². The predicted molar refractivity (Wildman–Crippen MR) is 74.2 cm³/mol. The van der Waals surface area contributed by atoms with E-state index in [2.05, 4.69) is 60.7 Å². The fourth-order valence-electron chi connectivity index (χ4n) is 2.87. The van der Waals surface area contributed by atoms with Crippen LogP contribution in [0.1, 0.15) is 11.1 Å². The third-order valence-electron chi connectivity index (χ3n) is 3.67. The van der Waals surface area contributed by atoms with Gasteiger partial charge in [-0.05, 0) is 39.1 Å². The maximum Gasteiger partial charge on any atom is -0.00642 e. The van der Waals surface area contributed by atoms with Gasteiger partial charge in [0.25, 0.3) is 0 Å². The molecule has 0 unspecified atom stereocenters. The van der Waals surface area contributed by atoms with Crippen LogP contribution in [0, 0.1) is 0 Å². The fourth-order valence-corrected chi connectivity index (χ4v) is 2.87. The van der Waals surface area contributed by atoms with Crippen molar-refractivity contribution in [1.82, 2.24) is 0 Å². The summed E-state index contributed by atoms with van der Waals surface area (Å²) >= 11 is 0. The maximum absolute atomic E-state index is 2.26. The first kappa shape index (κ1) is 9.00. The van der Waals surface area contributed by atoms with Crippen molar-refractivity contribution in [2.24, 2.45) is 0 Å². The van der Waals surface area contributed by atoms with Crippen molar-refractivity contribution in [3.05, 3.63) is 65.7 Å². The highest BCUT2D eigenvalue weighted by molar-refractivity contribution is 6.10. The van der Waals surface area contributed by atoms with Crippen molar-refractivity contribution in [3.8, 4) is 0 Å². The molecule has 80 valence electrons. The molecule has 0 saturated carbocycles. The highest BCUT2D eigenvalue weighted by Crippen LogP contribution is 2.33. The number of allylic oxidation sites excluding steroid dienone is 1. The molecule has 1 aliphatic rings. The first-order valence-electron chi connectivity index (χ1n) is 6.03. The van der Waals surface area contributed by atoms with Crippen molar-refractivity contribution in [2.75, 3.05) is 0 Å². The average Bonchev–Trinajstić information content (AvgIpc) is 2.86. The van der Waals surface area contributed by atoms with Crippen LogP contribution in [0.2, 0.25) is 0 Å². The first-order valence-corrected chi connectivity index (χ1v) is 6.03. The molecule has 0 saturated heterocycles. The maximum atomic E-state index is 2.26. The molecule has 0 radical (unpaired) electrons. The van der Waals surface area contributed by atoms with Gasteiger partial charge in [0, 0.05) is 0 Å². The summed E-state index contributed by atoms with van der Waals surface area (Å²) in [6.07, 6.45) is 5.56. The molecule has 4 rings (SSSR count). The van der Waals surface area contributed by atoms with Crippen LogP contribution >= 0.6 is 0 Å². The normalized spacial score (nSPS) is 13.4. The molecular formula is C17H12. The number of rotatable bonds is 0. The minimum atomic E-state index is 1.07. The third-order valence-corrected chi connectivity index (χ3v) is 3.67. The van der Waals surface area contributed by atoms with Crippen LogP contribution in [0.25, 0.3) is 27.6 Å². The average molecular weight is 216 g/mol. The van der Waals surface area contributed by atoms with E-state index in [9.17, 15) is 0 Å². The molecule has 0 bridgehead atoms. The highest BCUT2D eigenvalue weighted by atomic mass is 14.1. The molecule has 17 heavy (non-hydrogen) atoms. The van der Waals surface area contributed by atoms with E-state index in [-0.39, 0.29) is 0 Å². The largest absolute Gasteiger partial charge is 0.0795 e. The van der Waals surface area contributed by atoms with E-state index in [4.69, 9.17) is 0 Å². The first-order chi connectivity index (χ1) is 8.43. The van der Waals surface area contributed by atoms with Gasteiger partial charge < -0.3 is 0 Å². The van der Waals surface area contributed by atoms with Crippen molar-refractivity contribution in [2.45, 2.75) is 6.42 Å². The van der Waals surface area contributed by atoms with Gasteiger partial charge in [-0.1, -0.05) is 60.7 Å². The van der Waals surface area contributed by atoms with Gasteiger partial charge in [0.15, 0.2) is 0 Å².